The number of hydrogen-bond acceptors (Lipinski definition) is 5. The van der Waals surface area contributed by atoms with Crippen molar-refractivity contribution in [2.45, 2.75) is 12.5 Å². The first-order valence-electron chi connectivity index (χ1n) is 7.24. The minimum absolute atomic E-state index is 0.0588. The van der Waals surface area contributed by atoms with Crippen LogP contribution in [0.1, 0.15) is 11.1 Å². The third kappa shape index (κ3) is 3.19. The molecular formula is C16H16N2O5S. The molecule has 1 heterocycles. The van der Waals surface area contributed by atoms with Crippen LogP contribution in [0.5, 0.6) is 11.5 Å². The molecule has 1 aliphatic heterocycles. The molecule has 0 bridgehead atoms. The number of rotatable bonds is 4. The largest absolute Gasteiger partial charge is 0.508 e. The summed E-state index contributed by atoms with van der Waals surface area (Å²) in [5.74, 6) is -0.00313. The number of phenolic OH excluding ortho intramolecular Hbond substituents is 2. The Labute approximate surface area is 139 Å². The van der Waals surface area contributed by atoms with E-state index in [1.54, 1.807) is 30.3 Å². The number of aldehydes is 1. The van der Waals surface area contributed by atoms with Gasteiger partial charge in [0.1, 0.15) is 17.8 Å². The molecule has 7 nitrogen and oxygen atoms in total. The lowest BCUT2D eigenvalue weighted by molar-refractivity contribution is -0.108. The number of hydrogen-bond donors (Lipinski definition) is 3. The second-order valence-electron chi connectivity index (χ2n) is 5.56. The predicted octanol–water partition coefficient (Wildman–Crippen LogP) is 0.911. The summed E-state index contributed by atoms with van der Waals surface area (Å²) in [5.41, 5.74) is 1.86. The third-order valence-electron chi connectivity index (χ3n) is 3.77. The molecule has 1 saturated heterocycles. The van der Waals surface area contributed by atoms with E-state index in [4.69, 9.17) is 0 Å². The lowest BCUT2D eigenvalue weighted by atomic mass is 10.0. The average Bonchev–Trinajstić information content (AvgIpc) is 2.85. The van der Waals surface area contributed by atoms with Crippen molar-refractivity contribution >= 4 is 22.2 Å². The van der Waals surface area contributed by atoms with Gasteiger partial charge >= 0.3 is 10.2 Å². The molecule has 1 fully saturated rings. The van der Waals surface area contributed by atoms with Gasteiger partial charge in [0.05, 0.1) is 18.3 Å². The van der Waals surface area contributed by atoms with E-state index in [0.717, 1.165) is 15.4 Å². The van der Waals surface area contributed by atoms with Crippen LogP contribution in [0.3, 0.4) is 0 Å². The van der Waals surface area contributed by atoms with Crippen molar-refractivity contribution in [1.82, 2.24) is 4.72 Å². The zero-order valence-electron chi connectivity index (χ0n) is 12.6. The normalized spacial score (nSPS) is 19.3. The van der Waals surface area contributed by atoms with Gasteiger partial charge in [-0.05, 0) is 41.8 Å². The Morgan fingerprint density at radius 3 is 2.38 bits per heavy atom. The monoisotopic (exact) mass is 348 g/mol. The van der Waals surface area contributed by atoms with E-state index in [9.17, 15) is 23.4 Å². The van der Waals surface area contributed by atoms with Crippen LogP contribution in [-0.2, 0) is 21.4 Å². The maximum Gasteiger partial charge on any atom is 0.302 e. The Morgan fingerprint density at radius 2 is 1.79 bits per heavy atom. The van der Waals surface area contributed by atoms with Crippen LogP contribution in [0, 0.1) is 0 Å². The molecule has 1 atom stereocenters. The fourth-order valence-electron chi connectivity index (χ4n) is 2.61. The topological polar surface area (TPSA) is 107 Å². The van der Waals surface area contributed by atoms with E-state index < -0.39 is 16.3 Å². The second kappa shape index (κ2) is 6.14. The Morgan fingerprint density at radius 1 is 1.12 bits per heavy atom. The smallest absolute Gasteiger partial charge is 0.302 e. The molecular weight excluding hydrogens is 332 g/mol. The number of carbonyl (C=O) groups excluding carboxylic acids is 1. The van der Waals surface area contributed by atoms with Crippen LogP contribution in [-0.4, -0.2) is 37.5 Å². The maximum absolute atomic E-state index is 12.0. The summed E-state index contributed by atoms with van der Waals surface area (Å²) in [4.78, 5) is 10.8. The number of anilines is 1. The molecule has 126 valence electrons. The van der Waals surface area contributed by atoms with Crippen LogP contribution in [0.4, 0.5) is 5.69 Å². The van der Waals surface area contributed by atoms with Crippen LogP contribution >= 0.6 is 0 Å². The number of carbonyl (C=O) groups is 1. The lowest BCUT2D eigenvalue weighted by Gasteiger charge is -2.17. The highest BCUT2D eigenvalue weighted by Crippen LogP contribution is 2.32. The molecule has 3 rings (SSSR count). The first-order valence-corrected chi connectivity index (χ1v) is 8.68. The first kappa shape index (κ1) is 16.3. The molecule has 0 radical (unpaired) electrons. The molecule has 8 heteroatoms. The van der Waals surface area contributed by atoms with Crippen molar-refractivity contribution in [3.05, 3.63) is 53.6 Å². The Hall–Kier alpha value is -2.58. The van der Waals surface area contributed by atoms with Crippen LogP contribution in [0.25, 0.3) is 0 Å². The molecule has 0 aliphatic carbocycles. The van der Waals surface area contributed by atoms with Gasteiger partial charge in [0, 0.05) is 0 Å². The fraction of sp³-hybridized carbons (Fsp3) is 0.188. The zero-order valence-corrected chi connectivity index (χ0v) is 13.4. The molecule has 1 aliphatic rings. The van der Waals surface area contributed by atoms with Crippen molar-refractivity contribution < 1.29 is 23.4 Å². The van der Waals surface area contributed by atoms with Crippen molar-refractivity contribution in [2.75, 3.05) is 10.8 Å². The van der Waals surface area contributed by atoms with Gasteiger partial charge in [0.15, 0.2) is 0 Å². The highest BCUT2D eigenvalue weighted by atomic mass is 32.2. The van der Waals surface area contributed by atoms with Crippen LogP contribution in [0.15, 0.2) is 42.5 Å². The van der Waals surface area contributed by atoms with Gasteiger partial charge in [0.2, 0.25) is 0 Å². The number of benzene rings is 2. The number of phenols is 2. The van der Waals surface area contributed by atoms with Crippen LogP contribution < -0.4 is 9.03 Å². The molecule has 0 saturated carbocycles. The van der Waals surface area contributed by atoms with E-state index >= 15 is 0 Å². The SMILES string of the molecule is O=CC1CN(c2ccc(Cc3ccc(O)cc3)cc2O)S(=O)(=O)N1. The molecule has 2 aromatic rings. The maximum atomic E-state index is 12.0. The summed E-state index contributed by atoms with van der Waals surface area (Å²) >= 11 is 0. The Balaban J connectivity index is 1.85. The van der Waals surface area contributed by atoms with Crippen LogP contribution in [0.2, 0.25) is 0 Å². The molecule has 0 amide bonds. The summed E-state index contributed by atoms with van der Waals surface area (Å²) in [7, 11) is -3.84. The molecule has 1 unspecified atom stereocenters. The minimum Gasteiger partial charge on any atom is -0.508 e. The summed E-state index contributed by atoms with van der Waals surface area (Å²) in [6.07, 6.45) is 1.05. The second-order valence-corrected chi connectivity index (χ2v) is 7.19. The standard InChI is InChI=1S/C16H16N2O5S/c19-10-13-9-18(24(22,23)17-13)15-6-3-12(8-16(15)21)7-11-1-4-14(20)5-2-11/h1-6,8,10,13,17,20-21H,7,9H2. The minimum atomic E-state index is -3.84. The highest BCUT2D eigenvalue weighted by molar-refractivity contribution is 7.91. The molecule has 2 aromatic carbocycles. The van der Waals surface area contributed by atoms with Gasteiger partial charge in [-0.15, -0.1) is 0 Å². The van der Waals surface area contributed by atoms with Gasteiger partial charge < -0.3 is 15.0 Å². The fourth-order valence-corrected chi connectivity index (χ4v) is 4.02. The van der Waals surface area contributed by atoms with E-state index in [1.807, 2.05) is 0 Å². The first-order chi connectivity index (χ1) is 11.4. The lowest BCUT2D eigenvalue weighted by Crippen LogP contribution is -2.30. The van der Waals surface area contributed by atoms with Gasteiger partial charge in [-0.25, -0.2) is 0 Å². The van der Waals surface area contributed by atoms with E-state index in [1.165, 1.54) is 12.1 Å². The number of aromatic hydroxyl groups is 2. The van der Waals surface area contributed by atoms with Gasteiger partial charge in [-0.2, -0.15) is 13.1 Å². The Kier molecular flexibility index (Phi) is 4.16. The summed E-state index contributed by atoms with van der Waals surface area (Å²) in [6, 6.07) is 10.6. The van der Waals surface area contributed by atoms with Gasteiger partial charge in [0.25, 0.3) is 0 Å². The highest BCUT2D eigenvalue weighted by Gasteiger charge is 2.36. The van der Waals surface area contributed by atoms with Crippen molar-refractivity contribution in [3.63, 3.8) is 0 Å². The zero-order chi connectivity index (χ0) is 17.3. The van der Waals surface area contributed by atoms with E-state index in [-0.39, 0.29) is 23.7 Å². The molecule has 3 N–H and O–H groups in total. The molecule has 24 heavy (non-hydrogen) atoms. The summed E-state index contributed by atoms with van der Waals surface area (Å²) in [5, 5.41) is 19.5. The van der Waals surface area contributed by atoms with Crippen molar-refractivity contribution in [2.24, 2.45) is 0 Å². The van der Waals surface area contributed by atoms with E-state index in [2.05, 4.69) is 4.72 Å². The Bertz CT molecular complexity index is 865. The van der Waals surface area contributed by atoms with Crippen molar-refractivity contribution in [1.29, 1.82) is 0 Å². The van der Waals surface area contributed by atoms with E-state index in [0.29, 0.717) is 12.7 Å². The molecule has 0 spiro atoms. The van der Waals surface area contributed by atoms with Gasteiger partial charge in [-0.1, -0.05) is 18.2 Å². The quantitative estimate of drug-likeness (QED) is 0.712. The molecule has 0 aromatic heterocycles. The third-order valence-corrected chi connectivity index (χ3v) is 5.30. The summed E-state index contributed by atoms with van der Waals surface area (Å²) < 4.78 is 27.2. The summed E-state index contributed by atoms with van der Waals surface area (Å²) in [6.45, 7) is -0.0588. The average molecular weight is 348 g/mol. The predicted molar refractivity (Wildman–Crippen MR) is 88.3 cm³/mol. The van der Waals surface area contributed by atoms with Gasteiger partial charge in [-0.3, -0.25) is 4.31 Å². The number of nitrogens with one attached hydrogen (secondary N) is 1. The number of nitrogens with zero attached hydrogens (tertiary/aromatic N) is 1. The van der Waals surface area contributed by atoms with Crippen molar-refractivity contribution in [3.8, 4) is 11.5 Å².